The molecule has 0 spiro atoms. The molecular formula is C12H13ClFNS. The van der Waals surface area contributed by atoms with Gasteiger partial charge in [-0.3, -0.25) is 0 Å². The predicted octanol–water partition coefficient (Wildman–Crippen LogP) is 2.94. The Morgan fingerprint density at radius 1 is 1.50 bits per heavy atom. The lowest BCUT2D eigenvalue weighted by Gasteiger charge is -2.05. The van der Waals surface area contributed by atoms with Gasteiger partial charge in [0.25, 0.3) is 0 Å². The predicted molar refractivity (Wildman–Crippen MR) is 69.3 cm³/mol. The van der Waals surface area contributed by atoms with Gasteiger partial charge in [-0.1, -0.05) is 17.5 Å². The van der Waals surface area contributed by atoms with Crippen molar-refractivity contribution in [1.82, 2.24) is 5.32 Å². The van der Waals surface area contributed by atoms with Crippen LogP contribution in [0.3, 0.4) is 0 Å². The monoisotopic (exact) mass is 257 g/mol. The topological polar surface area (TPSA) is 12.0 Å². The Labute approximate surface area is 105 Å². The van der Waals surface area contributed by atoms with Crippen LogP contribution in [-0.4, -0.2) is 18.1 Å². The van der Waals surface area contributed by atoms with E-state index in [0.29, 0.717) is 22.9 Å². The number of benzene rings is 1. The van der Waals surface area contributed by atoms with Crippen LogP contribution < -0.4 is 5.32 Å². The molecule has 0 saturated heterocycles. The Bertz CT molecular complexity index is 376. The molecule has 1 rings (SSSR count). The summed E-state index contributed by atoms with van der Waals surface area (Å²) in [6.07, 6.45) is 5.12. The third-order valence-electron chi connectivity index (χ3n) is 1.93. The minimum Gasteiger partial charge on any atom is -0.312 e. The molecule has 0 bridgehead atoms. The van der Waals surface area contributed by atoms with Gasteiger partial charge in [-0.05, 0) is 18.2 Å². The molecule has 1 aromatic carbocycles. The maximum atomic E-state index is 13.3. The fraction of sp³-hybridized carbons (Fsp3) is 0.333. The second kappa shape index (κ2) is 7.56. The van der Waals surface area contributed by atoms with Crippen LogP contribution in [0.5, 0.6) is 0 Å². The van der Waals surface area contributed by atoms with Crippen LogP contribution in [0.1, 0.15) is 5.56 Å². The van der Waals surface area contributed by atoms with Gasteiger partial charge in [-0.15, -0.1) is 18.2 Å². The average Bonchev–Trinajstić information content (AvgIpc) is 2.28. The van der Waals surface area contributed by atoms with Gasteiger partial charge in [0.15, 0.2) is 0 Å². The molecule has 1 aromatic rings. The van der Waals surface area contributed by atoms with E-state index in [1.807, 2.05) is 0 Å². The summed E-state index contributed by atoms with van der Waals surface area (Å²) in [6.45, 7) is 1.29. The minimum atomic E-state index is -0.229. The highest BCUT2D eigenvalue weighted by Gasteiger charge is 2.01. The number of thioether (sulfide) groups is 1. The van der Waals surface area contributed by atoms with E-state index in [4.69, 9.17) is 18.0 Å². The zero-order valence-corrected chi connectivity index (χ0v) is 10.4. The van der Waals surface area contributed by atoms with Crippen LogP contribution in [-0.2, 0) is 6.54 Å². The zero-order valence-electron chi connectivity index (χ0n) is 8.80. The van der Waals surface area contributed by atoms with Crippen LogP contribution in [0.15, 0.2) is 18.2 Å². The largest absolute Gasteiger partial charge is 0.312 e. The van der Waals surface area contributed by atoms with Crippen molar-refractivity contribution in [1.29, 1.82) is 0 Å². The van der Waals surface area contributed by atoms with E-state index >= 15 is 0 Å². The first-order valence-corrected chi connectivity index (χ1v) is 6.43. The molecule has 86 valence electrons. The molecule has 0 atom stereocenters. The van der Waals surface area contributed by atoms with Gasteiger partial charge >= 0.3 is 0 Å². The summed E-state index contributed by atoms with van der Waals surface area (Å²) in [5.74, 6) is 3.96. The Kier molecular flexibility index (Phi) is 6.32. The molecule has 0 aliphatic heterocycles. The molecule has 0 amide bonds. The number of hydrogen-bond acceptors (Lipinski definition) is 2. The lowest BCUT2D eigenvalue weighted by atomic mass is 10.2. The van der Waals surface area contributed by atoms with E-state index in [0.717, 1.165) is 12.3 Å². The summed E-state index contributed by atoms with van der Waals surface area (Å²) in [6, 6.07) is 4.56. The molecule has 0 saturated carbocycles. The molecule has 0 aromatic heterocycles. The summed E-state index contributed by atoms with van der Waals surface area (Å²) in [7, 11) is 0. The molecule has 16 heavy (non-hydrogen) atoms. The van der Waals surface area contributed by atoms with Gasteiger partial charge in [0, 0.05) is 29.4 Å². The fourth-order valence-corrected chi connectivity index (χ4v) is 1.92. The van der Waals surface area contributed by atoms with Crippen molar-refractivity contribution >= 4 is 23.4 Å². The molecule has 0 aliphatic rings. The summed E-state index contributed by atoms with van der Waals surface area (Å²) < 4.78 is 13.3. The van der Waals surface area contributed by atoms with Crippen molar-refractivity contribution in [2.75, 3.05) is 18.1 Å². The quantitative estimate of drug-likeness (QED) is 0.621. The highest BCUT2D eigenvalue weighted by atomic mass is 35.5. The Hall–Kier alpha value is -0.690. The number of nitrogens with one attached hydrogen (secondary N) is 1. The maximum Gasteiger partial charge on any atom is 0.127 e. The summed E-state index contributed by atoms with van der Waals surface area (Å²) in [4.78, 5) is 0. The highest BCUT2D eigenvalue weighted by Crippen LogP contribution is 2.14. The van der Waals surface area contributed by atoms with Crippen molar-refractivity contribution in [2.24, 2.45) is 0 Å². The van der Waals surface area contributed by atoms with Crippen LogP contribution in [0.25, 0.3) is 0 Å². The van der Waals surface area contributed by atoms with E-state index in [2.05, 4.69) is 11.2 Å². The molecule has 1 nitrogen and oxygen atoms in total. The van der Waals surface area contributed by atoms with Crippen LogP contribution >= 0.6 is 23.4 Å². The SMILES string of the molecule is C#CCSCCNCc1cc(Cl)ccc1F. The van der Waals surface area contributed by atoms with E-state index in [1.165, 1.54) is 6.07 Å². The first-order valence-electron chi connectivity index (χ1n) is 4.90. The standard InChI is InChI=1S/C12H13ClFNS/c1-2-6-16-7-5-15-9-10-8-11(13)3-4-12(10)14/h1,3-4,8,15H,5-7,9H2. The number of halogens is 2. The minimum absolute atomic E-state index is 0.229. The van der Waals surface area contributed by atoms with E-state index < -0.39 is 0 Å². The van der Waals surface area contributed by atoms with Crippen molar-refractivity contribution in [2.45, 2.75) is 6.54 Å². The highest BCUT2D eigenvalue weighted by molar-refractivity contribution is 7.99. The van der Waals surface area contributed by atoms with Crippen molar-refractivity contribution < 1.29 is 4.39 Å². The van der Waals surface area contributed by atoms with Crippen LogP contribution in [0, 0.1) is 18.2 Å². The third kappa shape index (κ3) is 4.89. The summed E-state index contributed by atoms with van der Waals surface area (Å²) in [5.41, 5.74) is 0.592. The Morgan fingerprint density at radius 2 is 2.31 bits per heavy atom. The van der Waals surface area contributed by atoms with Crippen molar-refractivity contribution in [3.05, 3.63) is 34.6 Å². The van der Waals surface area contributed by atoms with Crippen molar-refractivity contribution in [3.8, 4) is 12.3 Å². The van der Waals surface area contributed by atoms with E-state index in [9.17, 15) is 4.39 Å². The lowest BCUT2D eigenvalue weighted by molar-refractivity contribution is 0.594. The second-order valence-corrected chi connectivity index (χ2v) is 4.71. The fourth-order valence-electron chi connectivity index (χ4n) is 1.18. The smallest absolute Gasteiger partial charge is 0.127 e. The van der Waals surface area contributed by atoms with Crippen molar-refractivity contribution in [3.63, 3.8) is 0 Å². The third-order valence-corrected chi connectivity index (χ3v) is 3.03. The Morgan fingerprint density at radius 3 is 3.06 bits per heavy atom. The number of rotatable bonds is 6. The molecule has 0 heterocycles. The van der Waals surface area contributed by atoms with Crippen LogP contribution in [0.2, 0.25) is 5.02 Å². The normalized spacial score (nSPS) is 10.1. The summed E-state index contributed by atoms with van der Waals surface area (Å²) >= 11 is 7.45. The first-order chi connectivity index (χ1) is 7.74. The first kappa shape index (κ1) is 13.4. The average molecular weight is 258 g/mol. The number of hydrogen-bond donors (Lipinski definition) is 1. The zero-order chi connectivity index (χ0) is 11.8. The van der Waals surface area contributed by atoms with Gasteiger partial charge in [0.2, 0.25) is 0 Å². The molecule has 1 N–H and O–H groups in total. The van der Waals surface area contributed by atoms with E-state index in [-0.39, 0.29) is 5.82 Å². The molecule has 4 heteroatoms. The van der Waals surface area contributed by atoms with Crippen LogP contribution in [0.4, 0.5) is 4.39 Å². The summed E-state index contributed by atoms with van der Waals surface area (Å²) in [5, 5.41) is 3.70. The molecular weight excluding hydrogens is 245 g/mol. The molecule has 0 unspecified atom stereocenters. The van der Waals surface area contributed by atoms with Gasteiger partial charge in [0.05, 0.1) is 5.75 Å². The lowest BCUT2D eigenvalue weighted by Crippen LogP contribution is -2.17. The van der Waals surface area contributed by atoms with Gasteiger partial charge < -0.3 is 5.32 Å². The molecule has 0 aliphatic carbocycles. The van der Waals surface area contributed by atoms with Gasteiger partial charge in [0.1, 0.15) is 5.82 Å². The van der Waals surface area contributed by atoms with E-state index in [1.54, 1.807) is 23.9 Å². The second-order valence-electron chi connectivity index (χ2n) is 3.17. The maximum absolute atomic E-state index is 13.3. The Balaban J connectivity index is 2.27. The van der Waals surface area contributed by atoms with Gasteiger partial charge in [-0.25, -0.2) is 4.39 Å². The molecule has 0 fully saturated rings. The molecule has 0 radical (unpaired) electrons. The number of terminal acetylenes is 1. The van der Waals surface area contributed by atoms with Gasteiger partial charge in [-0.2, -0.15) is 0 Å².